The highest BCUT2D eigenvalue weighted by atomic mass is 35.5. The number of rotatable bonds is 5. The van der Waals surface area contributed by atoms with E-state index in [-0.39, 0.29) is 14.9 Å². The highest BCUT2D eigenvalue weighted by molar-refractivity contribution is 7.89. The normalized spacial score (nSPS) is 11.8. The van der Waals surface area contributed by atoms with Crippen LogP contribution in [0.25, 0.3) is 0 Å². The van der Waals surface area contributed by atoms with Crippen molar-refractivity contribution in [3.63, 3.8) is 0 Å². The number of nitrogens with zero attached hydrogens (tertiary/aromatic N) is 1. The fraction of sp³-hybridized carbons (Fsp3) is 0.154. The predicted octanol–water partition coefficient (Wildman–Crippen LogP) is 2.86. The molecule has 0 aliphatic heterocycles. The molecule has 4 nitrogen and oxygen atoms in total. The number of hydrogen-bond acceptors (Lipinski definition) is 4. The molecule has 0 aliphatic carbocycles. The summed E-state index contributed by atoms with van der Waals surface area (Å²) in [6.07, 6.45) is 0. The van der Waals surface area contributed by atoms with Gasteiger partial charge in [-0.2, -0.15) is 4.31 Å². The topological polar surface area (TPSA) is 63.4 Å². The lowest BCUT2D eigenvalue weighted by Crippen LogP contribution is -2.26. The number of sulfonamides is 1. The van der Waals surface area contributed by atoms with E-state index < -0.39 is 10.0 Å². The Balaban J connectivity index is 2.31. The highest BCUT2D eigenvalue weighted by Gasteiger charge is 2.22. The third-order valence-corrected chi connectivity index (χ3v) is 6.07. The van der Waals surface area contributed by atoms with Crippen LogP contribution in [0.4, 0.5) is 0 Å². The quantitative estimate of drug-likeness (QED) is 0.833. The smallest absolute Gasteiger partial charge is 0.243 e. The molecule has 0 unspecified atom stereocenters. The van der Waals surface area contributed by atoms with Gasteiger partial charge in [0.1, 0.15) is 4.99 Å². The molecule has 2 rings (SSSR count). The SMILES string of the molecule is CN(Cc1cccs1)S(=O)(=O)c1ccc(C(N)=S)c(Cl)c1. The van der Waals surface area contributed by atoms with Crippen molar-refractivity contribution in [3.8, 4) is 0 Å². The van der Waals surface area contributed by atoms with Gasteiger partial charge in [-0.1, -0.05) is 29.9 Å². The third-order valence-electron chi connectivity index (χ3n) is 2.87. The van der Waals surface area contributed by atoms with E-state index in [1.54, 1.807) is 0 Å². The first-order valence-corrected chi connectivity index (χ1v) is 9.01. The Hall–Kier alpha value is -0.990. The summed E-state index contributed by atoms with van der Waals surface area (Å²) in [5.74, 6) is 0. The van der Waals surface area contributed by atoms with E-state index >= 15 is 0 Å². The van der Waals surface area contributed by atoms with E-state index in [1.165, 1.54) is 40.9 Å². The summed E-state index contributed by atoms with van der Waals surface area (Å²) in [5, 5.41) is 2.14. The number of hydrogen-bond donors (Lipinski definition) is 1. The standard InChI is InChI=1S/C13H13ClN2O2S3/c1-16(8-9-3-2-6-20-9)21(17,18)10-4-5-11(13(15)19)12(14)7-10/h2-7H,8H2,1H3,(H2,15,19). The van der Waals surface area contributed by atoms with E-state index in [2.05, 4.69) is 0 Å². The highest BCUT2D eigenvalue weighted by Crippen LogP contribution is 2.24. The van der Waals surface area contributed by atoms with Gasteiger partial charge in [0.15, 0.2) is 0 Å². The van der Waals surface area contributed by atoms with Crippen LogP contribution in [0.5, 0.6) is 0 Å². The molecule has 0 saturated carbocycles. The Bertz CT molecular complexity index is 758. The molecule has 2 N–H and O–H groups in total. The minimum atomic E-state index is -3.61. The summed E-state index contributed by atoms with van der Waals surface area (Å²) in [4.78, 5) is 1.22. The van der Waals surface area contributed by atoms with Crippen LogP contribution in [-0.4, -0.2) is 24.8 Å². The van der Waals surface area contributed by atoms with Crippen molar-refractivity contribution in [2.45, 2.75) is 11.4 Å². The molecule has 21 heavy (non-hydrogen) atoms. The van der Waals surface area contributed by atoms with E-state index in [9.17, 15) is 8.42 Å². The Kier molecular flexibility index (Phi) is 5.00. The fourth-order valence-corrected chi connectivity index (χ4v) is 4.34. The van der Waals surface area contributed by atoms with Gasteiger partial charge in [0.05, 0.1) is 9.92 Å². The van der Waals surface area contributed by atoms with E-state index in [0.717, 1.165) is 4.88 Å². The van der Waals surface area contributed by atoms with Gasteiger partial charge in [-0.25, -0.2) is 8.42 Å². The van der Waals surface area contributed by atoms with Crippen LogP contribution in [-0.2, 0) is 16.6 Å². The second-order valence-electron chi connectivity index (χ2n) is 4.35. The molecule has 0 atom stereocenters. The average Bonchev–Trinajstić information content (AvgIpc) is 2.90. The Labute approximate surface area is 138 Å². The lowest BCUT2D eigenvalue weighted by molar-refractivity contribution is 0.469. The van der Waals surface area contributed by atoms with Crippen LogP contribution in [0, 0.1) is 0 Å². The zero-order valence-electron chi connectivity index (χ0n) is 11.1. The maximum absolute atomic E-state index is 12.5. The first-order valence-electron chi connectivity index (χ1n) is 5.90. The van der Waals surface area contributed by atoms with Gasteiger partial charge in [0, 0.05) is 24.0 Å². The van der Waals surface area contributed by atoms with Crippen molar-refractivity contribution in [2.24, 2.45) is 5.73 Å². The summed E-state index contributed by atoms with van der Waals surface area (Å²) in [5.41, 5.74) is 5.98. The molecule has 0 radical (unpaired) electrons. The Morgan fingerprint density at radius 2 is 2.14 bits per heavy atom. The van der Waals surface area contributed by atoms with Gasteiger partial charge >= 0.3 is 0 Å². The van der Waals surface area contributed by atoms with Gasteiger partial charge in [0.25, 0.3) is 0 Å². The van der Waals surface area contributed by atoms with Crippen LogP contribution >= 0.6 is 35.2 Å². The second-order valence-corrected chi connectivity index (χ2v) is 8.27. The molecule has 1 heterocycles. The third kappa shape index (κ3) is 3.61. The largest absolute Gasteiger partial charge is 0.389 e. The van der Waals surface area contributed by atoms with Gasteiger partial charge in [-0.3, -0.25) is 0 Å². The molecule has 0 amide bonds. The van der Waals surface area contributed by atoms with Crippen molar-refractivity contribution in [3.05, 3.63) is 51.2 Å². The molecule has 0 spiro atoms. The second kappa shape index (κ2) is 6.41. The monoisotopic (exact) mass is 360 g/mol. The summed E-state index contributed by atoms with van der Waals surface area (Å²) < 4.78 is 26.3. The molecular formula is C13H13ClN2O2S3. The Morgan fingerprint density at radius 1 is 1.43 bits per heavy atom. The molecule has 1 aromatic heterocycles. The average molecular weight is 361 g/mol. The molecule has 0 bridgehead atoms. The van der Waals surface area contributed by atoms with Crippen LogP contribution in [0.15, 0.2) is 40.6 Å². The lowest BCUT2D eigenvalue weighted by Gasteiger charge is -2.17. The first kappa shape index (κ1) is 16.4. The Morgan fingerprint density at radius 3 is 2.67 bits per heavy atom. The fourth-order valence-electron chi connectivity index (χ4n) is 1.74. The summed E-state index contributed by atoms with van der Waals surface area (Å²) in [6.45, 7) is 0.314. The molecule has 112 valence electrons. The predicted molar refractivity (Wildman–Crippen MR) is 90.3 cm³/mol. The zero-order valence-corrected chi connectivity index (χ0v) is 14.3. The molecule has 1 aromatic carbocycles. The van der Waals surface area contributed by atoms with Crippen molar-refractivity contribution in [2.75, 3.05) is 7.05 Å². The molecular weight excluding hydrogens is 348 g/mol. The van der Waals surface area contributed by atoms with Crippen molar-refractivity contribution in [1.29, 1.82) is 0 Å². The zero-order chi connectivity index (χ0) is 15.6. The van der Waals surface area contributed by atoms with Crippen LogP contribution in [0.3, 0.4) is 0 Å². The van der Waals surface area contributed by atoms with Gasteiger partial charge in [-0.05, 0) is 29.6 Å². The van der Waals surface area contributed by atoms with Gasteiger partial charge in [0.2, 0.25) is 10.0 Å². The maximum Gasteiger partial charge on any atom is 0.243 e. The van der Waals surface area contributed by atoms with Crippen LogP contribution in [0.1, 0.15) is 10.4 Å². The maximum atomic E-state index is 12.5. The number of halogens is 1. The van der Waals surface area contributed by atoms with Crippen LogP contribution < -0.4 is 5.73 Å². The summed E-state index contributed by atoms with van der Waals surface area (Å²) in [7, 11) is -2.08. The minimum absolute atomic E-state index is 0.117. The summed E-state index contributed by atoms with van der Waals surface area (Å²) >= 11 is 12.4. The van der Waals surface area contributed by atoms with Gasteiger partial charge in [-0.15, -0.1) is 11.3 Å². The van der Waals surface area contributed by atoms with Crippen molar-refractivity contribution in [1.82, 2.24) is 4.31 Å². The number of nitrogens with two attached hydrogens (primary N) is 1. The number of thiocarbonyl (C=S) groups is 1. The van der Waals surface area contributed by atoms with Crippen molar-refractivity contribution < 1.29 is 8.42 Å². The molecule has 0 saturated heterocycles. The van der Waals surface area contributed by atoms with E-state index in [4.69, 9.17) is 29.6 Å². The first-order chi connectivity index (χ1) is 9.82. The molecule has 2 aromatic rings. The van der Waals surface area contributed by atoms with Crippen molar-refractivity contribution >= 4 is 50.2 Å². The molecule has 0 aliphatic rings. The lowest BCUT2D eigenvalue weighted by atomic mass is 10.2. The minimum Gasteiger partial charge on any atom is -0.389 e. The van der Waals surface area contributed by atoms with E-state index in [0.29, 0.717) is 12.1 Å². The van der Waals surface area contributed by atoms with Crippen LogP contribution in [0.2, 0.25) is 5.02 Å². The van der Waals surface area contributed by atoms with E-state index in [1.807, 2.05) is 17.5 Å². The number of benzene rings is 1. The molecule has 0 fully saturated rings. The van der Waals surface area contributed by atoms with Gasteiger partial charge < -0.3 is 5.73 Å². The number of thiophene rings is 1. The molecule has 8 heteroatoms. The summed E-state index contributed by atoms with van der Waals surface area (Å²) in [6, 6.07) is 8.13.